The van der Waals surface area contributed by atoms with Gasteiger partial charge in [0.2, 0.25) is 5.95 Å². The summed E-state index contributed by atoms with van der Waals surface area (Å²) in [5, 5.41) is 14.4. The van der Waals surface area contributed by atoms with Crippen molar-refractivity contribution in [1.29, 1.82) is 0 Å². The molecule has 0 aliphatic heterocycles. The van der Waals surface area contributed by atoms with E-state index in [1.54, 1.807) is 38.4 Å². The molecule has 0 aliphatic carbocycles. The average Bonchev–Trinajstić information content (AvgIpc) is 3.24. The summed E-state index contributed by atoms with van der Waals surface area (Å²) in [5.41, 5.74) is 1.92. The molecule has 0 saturated carbocycles. The second kappa shape index (κ2) is 11.2. The number of thiazole rings is 1. The minimum atomic E-state index is -1.02. The fraction of sp³-hybridized carbons (Fsp3) is 0.182. The van der Waals surface area contributed by atoms with Gasteiger partial charge in [-0.2, -0.15) is 0 Å². The molecule has 0 radical (unpaired) electrons. The van der Waals surface area contributed by atoms with E-state index >= 15 is 4.39 Å². The molecule has 0 bridgehead atoms. The number of anilines is 2. The molecule has 4 rings (SSSR count). The fourth-order valence-corrected chi connectivity index (χ4v) is 4.24. The van der Waals surface area contributed by atoms with E-state index in [0.717, 1.165) is 11.3 Å². The second-order valence-corrected chi connectivity index (χ2v) is 8.20. The van der Waals surface area contributed by atoms with Crippen molar-refractivity contribution in [2.75, 3.05) is 30.4 Å². The summed E-state index contributed by atoms with van der Waals surface area (Å²) >= 11 is 1.15. The summed E-state index contributed by atoms with van der Waals surface area (Å²) in [6, 6.07) is 6.61. The van der Waals surface area contributed by atoms with Crippen LogP contribution in [0.1, 0.15) is 8.35 Å². The van der Waals surface area contributed by atoms with Crippen LogP contribution in [0.3, 0.4) is 0 Å². The number of nitrogens with zero attached hydrogens (tertiary/aromatic N) is 5. The van der Waals surface area contributed by atoms with Crippen LogP contribution in [0.25, 0.3) is 32.6 Å². The van der Waals surface area contributed by atoms with Crippen molar-refractivity contribution in [1.82, 2.24) is 25.3 Å². The molecule has 35 heavy (non-hydrogen) atoms. The zero-order valence-electron chi connectivity index (χ0n) is 20.2. The summed E-state index contributed by atoms with van der Waals surface area (Å²) in [4.78, 5) is 41.3. The molecule has 3 aromatic heterocycles. The fourth-order valence-electron chi connectivity index (χ4n) is 3.26. The Morgan fingerprint density at radius 2 is 1.94 bits per heavy atom. The first-order chi connectivity index (χ1) is 16.4. The molecule has 1 aromatic carbocycles. The molecule has 0 fully saturated rings. The maximum absolute atomic E-state index is 15.6. The third kappa shape index (κ3) is 5.74. The maximum atomic E-state index is 15.6. The third-order valence-corrected chi connectivity index (χ3v) is 5.77. The molecule has 176 valence electrons. The number of rotatable bonds is 7. The molecule has 0 aliphatic rings. The number of carboxylic acid groups (broad SMARTS) is 1. The van der Waals surface area contributed by atoms with E-state index in [4.69, 9.17) is 5.11 Å². The summed E-state index contributed by atoms with van der Waals surface area (Å²) in [7, 11) is 1.55. The zero-order valence-corrected chi connectivity index (χ0v) is 20.1. The summed E-state index contributed by atoms with van der Waals surface area (Å²) < 4.78 is 16.2. The molecule has 3 heterocycles. The monoisotopic (exact) mass is 489 g/mol. The first-order valence-electron chi connectivity index (χ1n) is 10.2. The standard InChI is InChI=1S/C22H20FN7O3S.Li.H/c1-3-24-21(33)29-22-28-18-17(23)13(8-14(19(18)34-22)15-6-4-5-7-25-15)12-9-26-20(27-10-12)30(2)11-16(31)32;;/h4-10H,3,11H2,1-2H3,(H,31,32)(H2,24,28,29,33);;/q;+1;-1. The molecule has 10 nitrogen and oxygen atoms in total. The van der Waals surface area contributed by atoms with E-state index in [1.807, 2.05) is 6.07 Å². The Balaban J connectivity index is 0.00000228. The van der Waals surface area contributed by atoms with E-state index in [1.165, 1.54) is 17.3 Å². The number of hydrogen-bond acceptors (Lipinski definition) is 8. The molecule has 0 spiro atoms. The van der Waals surface area contributed by atoms with Gasteiger partial charge in [0.1, 0.15) is 12.1 Å². The van der Waals surface area contributed by atoms with Crippen molar-refractivity contribution in [3.8, 4) is 22.4 Å². The SMILES string of the molecule is CCNC(=O)Nc1nc2c(F)c(-c3cnc(N(C)CC(=O)O)nc3)cc(-c3ccccn3)c2s1.[H-].[Li+]. The number of carboxylic acids is 1. The number of carbonyl (C=O) groups excluding carboxylic acids is 1. The number of pyridine rings is 1. The van der Waals surface area contributed by atoms with Crippen molar-refractivity contribution in [2.24, 2.45) is 0 Å². The summed E-state index contributed by atoms with van der Waals surface area (Å²) in [5.74, 6) is -1.42. The third-order valence-electron chi connectivity index (χ3n) is 4.77. The quantitative estimate of drug-likeness (QED) is 0.324. The Labute approximate surface area is 217 Å². The van der Waals surface area contributed by atoms with Crippen molar-refractivity contribution in [2.45, 2.75) is 6.92 Å². The van der Waals surface area contributed by atoms with E-state index in [2.05, 4.69) is 30.6 Å². The van der Waals surface area contributed by atoms with Crippen LogP contribution in [0.5, 0.6) is 0 Å². The van der Waals surface area contributed by atoms with Crippen LogP contribution < -0.4 is 34.4 Å². The normalized spacial score (nSPS) is 10.5. The molecule has 0 atom stereocenters. The maximum Gasteiger partial charge on any atom is 1.00 e. The van der Waals surface area contributed by atoms with Crippen LogP contribution in [0.2, 0.25) is 0 Å². The van der Waals surface area contributed by atoms with Crippen LogP contribution in [-0.4, -0.2) is 57.2 Å². The van der Waals surface area contributed by atoms with Gasteiger partial charge in [0, 0.05) is 48.9 Å². The molecule has 2 amide bonds. The van der Waals surface area contributed by atoms with Crippen molar-refractivity contribution in [3.63, 3.8) is 0 Å². The molecular formula is C22H21FLiN7O3S. The Morgan fingerprint density at radius 3 is 2.57 bits per heavy atom. The number of benzene rings is 1. The van der Waals surface area contributed by atoms with Crippen LogP contribution in [-0.2, 0) is 4.79 Å². The number of fused-ring (bicyclic) bond motifs is 1. The van der Waals surface area contributed by atoms with Gasteiger partial charge in [-0.1, -0.05) is 17.4 Å². The smallest absolute Gasteiger partial charge is 1.00 e. The minimum Gasteiger partial charge on any atom is -1.00 e. The van der Waals surface area contributed by atoms with E-state index in [0.29, 0.717) is 28.1 Å². The molecule has 13 heteroatoms. The molecule has 0 unspecified atom stereocenters. The minimum absolute atomic E-state index is 0. The Morgan fingerprint density at radius 1 is 1.20 bits per heavy atom. The van der Waals surface area contributed by atoms with Gasteiger partial charge >= 0.3 is 30.9 Å². The van der Waals surface area contributed by atoms with Crippen molar-refractivity contribution in [3.05, 3.63) is 48.7 Å². The number of halogens is 1. The molecule has 4 aromatic rings. The number of aliphatic carboxylic acids is 1. The van der Waals surface area contributed by atoms with Gasteiger partial charge in [0.25, 0.3) is 0 Å². The van der Waals surface area contributed by atoms with Gasteiger partial charge in [-0.25, -0.2) is 24.1 Å². The van der Waals surface area contributed by atoms with Crippen LogP contribution in [0.15, 0.2) is 42.9 Å². The Hall–Kier alpha value is -3.59. The summed E-state index contributed by atoms with van der Waals surface area (Å²) in [6.45, 7) is 1.95. The number of likely N-dealkylation sites (N-methyl/N-ethyl adjacent to an activating group) is 1. The number of carbonyl (C=O) groups is 2. The summed E-state index contributed by atoms with van der Waals surface area (Å²) in [6.07, 6.45) is 4.48. The largest absolute Gasteiger partial charge is 1.00 e. The zero-order chi connectivity index (χ0) is 24.2. The molecule has 0 saturated heterocycles. The topological polar surface area (TPSA) is 133 Å². The number of hydrogen-bond donors (Lipinski definition) is 3. The Bertz CT molecular complexity index is 1360. The van der Waals surface area contributed by atoms with Crippen molar-refractivity contribution >= 4 is 44.6 Å². The predicted octanol–water partition coefficient (Wildman–Crippen LogP) is 0.733. The molecule has 3 N–H and O–H groups in total. The van der Waals surface area contributed by atoms with Gasteiger partial charge in [-0.3, -0.25) is 15.1 Å². The Kier molecular flexibility index (Phi) is 8.34. The van der Waals surface area contributed by atoms with Crippen LogP contribution >= 0.6 is 11.3 Å². The van der Waals surface area contributed by atoms with E-state index in [9.17, 15) is 9.59 Å². The van der Waals surface area contributed by atoms with E-state index < -0.39 is 17.8 Å². The average molecular weight is 489 g/mol. The number of amides is 2. The van der Waals surface area contributed by atoms with Crippen molar-refractivity contribution < 1.29 is 39.4 Å². The van der Waals surface area contributed by atoms with Crippen LogP contribution in [0.4, 0.5) is 20.3 Å². The first kappa shape index (κ1) is 26.0. The van der Waals surface area contributed by atoms with Gasteiger partial charge in [-0.05, 0) is 25.1 Å². The van der Waals surface area contributed by atoms with Gasteiger partial charge in [0.05, 0.1) is 10.4 Å². The number of nitrogens with one attached hydrogen (secondary N) is 2. The first-order valence-corrected chi connectivity index (χ1v) is 11.0. The van der Waals surface area contributed by atoms with E-state index in [-0.39, 0.29) is 49.0 Å². The van der Waals surface area contributed by atoms with Gasteiger partial charge < -0.3 is 16.7 Å². The number of urea groups is 1. The number of aromatic nitrogens is 4. The van der Waals surface area contributed by atoms with Gasteiger partial charge in [-0.15, -0.1) is 0 Å². The van der Waals surface area contributed by atoms with Gasteiger partial charge in [0.15, 0.2) is 10.9 Å². The predicted molar refractivity (Wildman–Crippen MR) is 129 cm³/mol. The second-order valence-electron chi connectivity index (χ2n) is 7.20. The molecular weight excluding hydrogens is 468 g/mol. The van der Waals surface area contributed by atoms with Crippen LogP contribution in [0, 0.1) is 5.82 Å².